The summed E-state index contributed by atoms with van der Waals surface area (Å²) in [4.78, 5) is 14.7. The number of aromatic carboxylic acids is 1. The van der Waals surface area contributed by atoms with Crippen LogP contribution in [0.3, 0.4) is 0 Å². The van der Waals surface area contributed by atoms with Gasteiger partial charge in [-0.05, 0) is 40.3 Å². The first-order valence-electron chi connectivity index (χ1n) is 4.07. The van der Waals surface area contributed by atoms with E-state index in [9.17, 15) is 4.79 Å². The summed E-state index contributed by atoms with van der Waals surface area (Å²) in [6.07, 6.45) is 5.24. The minimum Gasteiger partial charge on any atom is -0.478 e. The molecule has 1 aliphatic carbocycles. The maximum atomic E-state index is 10.8. The van der Waals surface area contributed by atoms with Gasteiger partial charge in [-0.1, -0.05) is 0 Å². The topological polar surface area (TPSA) is 50.2 Å². The van der Waals surface area contributed by atoms with Crippen molar-refractivity contribution in [3.05, 3.63) is 28.0 Å². The largest absolute Gasteiger partial charge is 0.478 e. The Morgan fingerprint density at radius 2 is 2.23 bits per heavy atom. The molecule has 2 rings (SSSR count). The van der Waals surface area contributed by atoms with Crippen molar-refractivity contribution in [2.24, 2.45) is 0 Å². The number of hydrogen-bond acceptors (Lipinski definition) is 2. The zero-order valence-electron chi connectivity index (χ0n) is 6.83. The van der Waals surface area contributed by atoms with Gasteiger partial charge in [0.05, 0.1) is 5.56 Å². The van der Waals surface area contributed by atoms with E-state index in [-0.39, 0.29) is 0 Å². The molecule has 0 saturated heterocycles. The smallest absolute Gasteiger partial charge is 0.337 e. The molecule has 13 heavy (non-hydrogen) atoms. The Bertz CT molecular complexity index is 361. The minimum absolute atomic E-state index is 0.330. The molecule has 0 bridgehead atoms. The zero-order chi connectivity index (χ0) is 9.42. The monoisotopic (exact) mass is 241 g/mol. The molecule has 1 N–H and O–H groups in total. The quantitative estimate of drug-likeness (QED) is 0.866. The molecule has 0 spiro atoms. The van der Waals surface area contributed by atoms with Crippen molar-refractivity contribution in [1.29, 1.82) is 0 Å². The van der Waals surface area contributed by atoms with E-state index in [2.05, 4.69) is 20.9 Å². The van der Waals surface area contributed by atoms with Gasteiger partial charge in [0.25, 0.3) is 0 Å². The van der Waals surface area contributed by atoms with E-state index in [0.29, 0.717) is 11.5 Å². The van der Waals surface area contributed by atoms with Crippen LogP contribution in [-0.2, 0) is 0 Å². The van der Waals surface area contributed by atoms with Crippen LogP contribution in [0, 0.1) is 0 Å². The lowest BCUT2D eigenvalue weighted by Crippen LogP contribution is -2.03. The molecule has 0 amide bonds. The summed E-state index contributed by atoms with van der Waals surface area (Å²) in [5.74, 6) is -0.473. The Morgan fingerprint density at radius 3 is 2.77 bits per heavy atom. The molecule has 1 aliphatic rings. The van der Waals surface area contributed by atoms with Gasteiger partial charge in [0.15, 0.2) is 0 Å². The van der Waals surface area contributed by atoms with Gasteiger partial charge in [-0.2, -0.15) is 0 Å². The Balaban J connectivity index is 2.53. The van der Waals surface area contributed by atoms with Gasteiger partial charge < -0.3 is 5.11 Å². The van der Waals surface area contributed by atoms with Crippen LogP contribution in [-0.4, -0.2) is 16.1 Å². The minimum atomic E-state index is -0.893. The highest BCUT2D eigenvalue weighted by atomic mass is 79.9. The number of carboxylic acid groups (broad SMARTS) is 1. The molecular weight excluding hydrogens is 234 g/mol. The molecule has 1 aromatic heterocycles. The number of aromatic nitrogens is 1. The third-order valence-corrected chi connectivity index (χ3v) is 2.79. The fourth-order valence-electron chi connectivity index (χ4n) is 1.40. The fraction of sp³-hybridized carbons (Fsp3) is 0.333. The Morgan fingerprint density at radius 1 is 1.54 bits per heavy atom. The van der Waals surface area contributed by atoms with Gasteiger partial charge in [-0.15, -0.1) is 0 Å². The van der Waals surface area contributed by atoms with Crippen LogP contribution in [0.2, 0.25) is 0 Å². The van der Waals surface area contributed by atoms with Gasteiger partial charge >= 0.3 is 5.97 Å². The highest BCUT2D eigenvalue weighted by molar-refractivity contribution is 9.10. The van der Waals surface area contributed by atoms with Gasteiger partial charge in [0, 0.05) is 16.9 Å². The van der Waals surface area contributed by atoms with Crippen molar-refractivity contribution in [3.63, 3.8) is 0 Å². The Kier molecular flexibility index (Phi) is 2.07. The van der Waals surface area contributed by atoms with E-state index in [4.69, 9.17) is 5.11 Å². The van der Waals surface area contributed by atoms with E-state index in [1.807, 2.05) is 0 Å². The predicted octanol–water partition coefficient (Wildman–Crippen LogP) is 2.42. The van der Waals surface area contributed by atoms with E-state index in [1.165, 1.54) is 6.20 Å². The molecule has 0 atom stereocenters. The standard InChI is InChI=1S/C9H8BrNO2/c10-7-4-11-3-6(9(12)13)8(7)5-1-2-5/h3-5H,1-2H2,(H,12,13). The molecule has 1 heterocycles. The van der Waals surface area contributed by atoms with Crippen molar-refractivity contribution in [2.75, 3.05) is 0 Å². The van der Waals surface area contributed by atoms with E-state index in [0.717, 1.165) is 22.9 Å². The van der Waals surface area contributed by atoms with E-state index < -0.39 is 5.97 Å². The summed E-state index contributed by atoms with van der Waals surface area (Å²) in [5.41, 5.74) is 1.24. The zero-order valence-corrected chi connectivity index (χ0v) is 8.41. The van der Waals surface area contributed by atoms with Crippen molar-refractivity contribution in [3.8, 4) is 0 Å². The Labute approximate surface area is 83.9 Å². The molecule has 3 nitrogen and oxygen atoms in total. The number of carbonyl (C=O) groups is 1. The van der Waals surface area contributed by atoms with Gasteiger partial charge in [-0.25, -0.2) is 4.79 Å². The first-order valence-corrected chi connectivity index (χ1v) is 4.86. The summed E-state index contributed by atoms with van der Waals surface area (Å²) in [6.45, 7) is 0. The van der Waals surface area contributed by atoms with Gasteiger partial charge in [0.1, 0.15) is 0 Å². The van der Waals surface area contributed by atoms with Crippen LogP contribution in [0.4, 0.5) is 0 Å². The van der Waals surface area contributed by atoms with Crippen molar-refractivity contribution >= 4 is 21.9 Å². The molecule has 1 fully saturated rings. The molecule has 1 saturated carbocycles. The molecule has 1 aromatic rings. The Hall–Kier alpha value is -0.900. The van der Waals surface area contributed by atoms with Crippen molar-refractivity contribution in [1.82, 2.24) is 4.98 Å². The molecule has 0 unspecified atom stereocenters. The lowest BCUT2D eigenvalue weighted by Gasteiger charge is -2.05. The number of nitrogens with zero attached hydrogens (tertiary/aromatic N) is 1. The normalized spacial score (nSPS) is 15.8. The molecule has 0 radical (unpaired) electrons. The second kappa shape index (κ2) is 3.10. The summed E-state index contributed by atoms with van der Waals surface area (Å²) < 4.78 is 0.815. The number of carboxylic acids is 1. The average Bonchev–Trinajstić information content (AvgIpc) is 2.86. The number of rotatable bonds is 2. The van der Waals surface area contributed by atoms with Crippen LogP contribution in [0.5, 0.6) is 0 Å². The highest BCUT2D eigenvalue weighted by Crippen LogP contribution is 2.44. The summed E-state index contributed by atoms with van der Waals surface area (Å²) in [6, 6.07) is 0. The SMILES string of the molecule is O=C(O)c1cncc(Br)c1C1CC1. The summed E-state index contributed by atoms with van der Waals surface area (Å²) >= 11 is 3.33. The highest BCUT2D eigenvalue weighted by Gasteiger charge is 2.30. The van der Waals surface area contributed by atoms with Crippen LogP contribution in [0.15, 0.2) is 16.9 Å². The fourth-order valence-corrected chi connectivity index (χ4v) is 2.06. The van der Waals surface area contributed by atoms with Crippen LogP contribution in [0.25, 0.3) is 0 Å². The lowest BCUT2D eigenvalue weighted by atomic mass is 10.1. The number of pyridine rings is 1. The molecule has 0 aromatic carbocycles. The van der Waals surface area contributed by atoms with Crippen LogP contribution >= 0.6 is 15.9 Å². The third kappa shape index (κ3) is 1.58. The number of halogens is 1. The first-order chi connectivity index (χ1) is 6.20. The van der Waals surface area contributed by atoms with E-state index in [1.54, 1.807) is 6.20 Å². The first kappa shape index (κ1) is 8.69. The molecule has 0 aliphatic heterocycles. The van der Waals surface area contributed by atoms with Crippen LogP contribution < -0.4 is 0 Å². The maximum Gasteiger partial charge on any atom is 0.337 e. The summed E-state index contributed by atoms with van der Waals surface area (Å²) in [5, 5.41) is 8.91. The molecule has 4 heteroatoms. The molecular formula is C9H8BrNO2. The van der Waals surface area contributed by atoms with Crippen molar-refractivity contribution in [2.45, 2.75) is 18.8 Å². The maximum absolute atomic E-state index is 10.8. The second-order valence-electron chi connectivity index (χ2n) is 3.16. The molecule has 68 valence electrons. The third-order valence-electron chi connectivity index (χ3n) is 2.15. The lowest BCUT2D eigenvalue weighted by molar-refractivity contribution is 0.0695. The second-order valence-corrected chi connectivity index (χ2v) is 4.02. The number of hydrogen-bond donors (Lipinski definition) is 1. The van der Waals surface area contributed by atoms with E-state index >= 15 is 0 Å². The van der Waals surface area contributed by atoms with Gasteiger partial charge in [0.2, 0.25) is 0 Å². The summed E-state index contributed by atoms with van der Waals surface area (Å²) in [7, 11) is 0. The van der Waals surface area contributed by atoms with Crippen molar-refractivity contribution < 1.29 is 9.90 Å². The van der Waals surface area contributed by atoms with Crippen LogP contribution in [0.1, 0.15) is 34.7 Å². The predicted molar refractivity (Wildman–Crippen MR) is 50.9 cm³/mol. The van der Waals surface area contributed by atoms with Gasteiger partial charge in [-0.3, -0.25) is 4.98 Å². The average molecular weight is 242 g/mol.